The van der Waals surface area contributed by atoms with Gasteiger partial charge in [-0.05, 0) is 31.7 Å². The van der Waals surface area contributed by atoms with Crippen LogP contribution in [-0.4, -0.2) is 66.6 Å². The minimum absolute atomic E-state index is 0.0840. The van der Waals surface area contributed by atoms with Crippen LogP contribution in [0, 0.1) is 5.41 Å². The van der Waals surface area contributed by atoms with Gasteiger partial charge in [0.2, 0.25) is 0 Å². The molecule has 0 amide bonds. The number of nitrogens with one attached hydrogen (secondary N) is 1. The van der Waals surface area contributed by atoms with Gasteiger partial charge in [-0.15, -0.1) is 9.60 Å². The summed E-state index contributed by atoms with van der Waals surface area (Å²) in [5.74, 6) is 0. The number of rotatable bonds is 7. The second kappa shape index (κ2) is 7.33. The maximum Gasteiger partial charge on any atom is 0.317 e. The lowest BCUT2D eigenvalue weighted by atomic mass is 10.00. The van der Waals surface area contributed by atoms with Crippen LogP contribution in [0.2, 0.25) is 0 Å². The molecule has 3 atom stereocenters. The van der Waals surface area contributed by atoms with Crippen LogP contribution < -0.4 is 10.1 Å². The van der Waals surface area contributed by atoms with Crippen molar-refractivity contribution < 1.29 is 21.8 Å². The van der Waals surface area contributed by atoms with Crippen LogP contribution >= 0.6 is 0 Å². The lowest BCUT2D eigenvalue weighted by Crippen LogP contribution is -2.50. The zero-order valence-electron chi connectivity index (χ0n) is 16.6. The van der Waals surface area contributed by atoms with Crippen LogP contribution in [0.25, 0.3) is 10.9 Å². The molecule has 3 aliphatic rings. The Hall–Kier alpha value is -1.95. The molecular formula is C19H24FN5O4S. The molecule has 0 aromatic carbocycles. The first-order valence-corrected chi connectivity index (χ1v) is 11.9. The predicted molar refractivity (Wildman–Crippen MR) is 106 cm³/mol. The zero-order valence-corrected chi connectivity index (χ0v) is 17.4. The molecule has 11 heteroatoms. The van der Waals surface area contributed by atoms with Crippen molar-refractivity contribution in [1.82, 2.24) is 25.4 Å². The van der Waals surface area contributed by atoms with Crippen molar-refractivity contribution in [2.45, 2.75) is 43.8 Å². The van der Waals surface area contributed by atoms with Crippen LogP contribution in [0.15, 0.2) is 18.5 Å². The van der Waals surface area contributed by atoms with Gasteiger partial charge in [0.1, 0.15) is 0 Å². The fraction of sp³-hybridized carbons (Fsp3) is 0.632. The first-order chi connectivity index (χ1) is 14.3. The molecule has 0 spiro atoms. The summed E-state index contributed by atoms with van der Waals surface area (Å²) in [6.07, 6.45) is 7.59. The van der Waals surface area contributed by atoms with Crippen molar-refractivity contribution in [1.29, 1.82) is 0 Å². The number of fused-ring (bicyclic) bond motifs is 3. The van der Waals surface area contributed by atoms with E-state index < -0.39 is 10.1 Å². The van der Waals surface area contributed by atoms with Crippen LogP contribution in [0.1, 0.15) is 37.4 Å². The predicted octanol–water partition coefficient (Wildman–Crippen LogP) is 1.52. The molecule has 2 aliphatic heterocycles. The van der Waals surface area contributed by atoms with E-state index in [1.54, 1.807) is 18.5 Å². The fourth-order valence-corrected chi connectivity index (χ4v) is 4.75. The molecule has 2 bridgehead atoms. The smallest absolute Gasteiger partial charge is 0.317 e. The van der Waals surface area contributed by atoms with Crippen molar-refractivity contribution in [3.63, 3.8) is 0 Å². The molecule has 3 unspecified atom stereocenters. The third-order valence-electron chi connectivity index (χ3n) is 6.26. The van der Waals surface area contributed by atoms with Crippen LogP contribution in [-0.2, 0) is 14.3 Å². The number of pyridine rings is 1. The lowest BCUT2D eigenvalue weighted by molar-refractivity contribution is -0.0627. The van der Waals surface area contributed by atoms with Gasteiger partial charge < -0.3 is 10.1 Å². The van der Waals surface area contributed by atoms with E-state index >= 15 is 0 Å². The lowest BCUT2D eigenvalue weighted by Gasteiger charge is -2.34. The van der Waals surface area contributed by atoms with Crippen molar-refractivity contribution in [2.75, 3.05) is 26.0 Å². The fourth-order valence-electron chi connectivity index (χ4n) is 4.29. The van der Waals surface area contributed by atoms with Gasteiger partial charge in [-0.2, -0.15) is 18.4 Å². The molecule has 1 N–H and O–H groups in total. The van der Waals surface area contributed by atoms with E-state index in [9.17, 15) is 12.9 Å². The Morgan fingerprint density at radius 3 is 2.90 bits per heavy atom. The van der Waals surface area contributed by atoms with E-state index in [4.69, 9.17) is 8.92 Å². The zero-order chi connectivity index (χ0) is 20.9. The monoisotopic (exact) mass is 437 g/mol. The Balaban J connectivity index is 1.40. The molecular weight excluding hydrogens is 413 g/mol. The highest BCUT2D eigenvalue weighted by Crippen LogP contribution is 2.46. The van der Waals surface area contributed by atoms with Gasteiger partial charge in [0, 0.05) is 29.7 Å². The van der Waals surface area contributed by atoms with E-state index in [-0.39, 0.29) is 42.8 Å². The van der Waals surface area contributed by atoms with E-state index in [0.717, 1.165) is 42.4 Å². The number of hydrogen-bond donors (Lipinski definition) is 1. The van der Waals surface area contributed by atoms with Crippen molar-refractivity contribution in [3.05, 3.63) is 24.2 Å². The van der Waals surface area contributed by atoms with Gasteiger partial charge >= 0.3 is 6.01 Å². The Morgan fingerprint density at radius 1 is 1.30 bits per heavy atom. The highest BCUT2D eigenvalue weighted by atomic mass is 32.2. The summed E-state index contributed by atoms with van der Waals surface area (Å²) in [6, 6.07) is 1.32. The van der Waals surface area contributed by atoms with E-state index in [1.165, 1.54) is 0 Å². The third-order valence-corrected chi connectivity index (χ3v) is 6.81. The molecule has 3 fully saturated rings. The highest BCUT2D eigenvalue weighted by Gasteiger charge is 2.46. The SMILES string of the molecule is CS(=O)(=O)OCC1(COc2nc(C3NCC4CCC3N4F)c3cnccc3n2)CC1. The molecule has 162 valence electrons. The first kappa shape index (κ1) is 20.0. The average molecular weight is 437 g/mol. The van der Waals surface area contributed by atoms with Gasteiger partial charge in [-0.1, -0.05) is 0 Å². The second-order valence-corrected chi connectivity index (χ2v) is 10.2. The number of ether oxygens (including phenoxy) is 1. The van der Waals surface area contributed by atoms with Crippen LogP contribution in [0.5, 0.6) is 6.01 Å². The van der Waals surface area contributed by atoms with Crippen LogP contribution in [0.4, 0.5) is 4.48 Å². The quantitative estimate of drug-likeness (QED) is 0.510. The summed E-state index contributed by atoms with van der Waals surface area (Å²) in [6.45, 7) is 0.906. The van der Waals surface area contributed by atoms with E-state index in [0.29, 0.717) is 17.8 Å². The summed E-state index contributed by atoms with van der Waals surface area (Å²) in [7, 11) is -3.50. The van der Waals surface area contributed by atoms with Gasteiger partial charge in [0.05, 0.1) is 48.8 Å². The first-order valence-electron chi connectivity index (χ1n) is 10.1. The number of nitrogens with zero attached hydrogens (tertiary/aromatic N) is 4. The summed E-state index contributed by atoms with van der Waals surface area (Å²) in [5, 5.41) is 5.15. The standard InChI is InChI=1S/C19H24FN5O4S/c1-30(26,27)29-11-19(5-6-19)10-28-18-23-14-4-7-21-9-13(14)16(24-18)17-15-3-2-12(8-22-17)25(15)20/h4,7,9,12,15,17,22H,2-3,5-6,8,10-11H2,1H3. The topological polar surface area (TPSA) is 107 Å². The maximum absolute atomic E-state index is 14.6. The van der Waals surface area contributed by atoms with E-state index in [1.807, 2.05) is 0 Å². The molecule has 30 heavy (non-hydrogen) atoms. The Kier molecular flexibility index (Phi) is 4.88. The molecule has 2 aromatic rings. The number of hydrogen-bond acceptors (Lipinski definition) is 9. The molecule has 2 saturated heterocycles. The molecule has 1 saturated carbocycles. The molecule has 9 nitrogen and oxygen atoms in total. The average Bonchev–Trinajstić information content (AvgIpc) is 3.46. The molecule has 1 aliphatic carbocycles. The van der Waals surface area contributed by atoms with Crippen molar-refractivity contribution >= 4 is 21.0 Å². The molecule has 5 rings (SSSR count). The maximum atomic E-state index is 14.6. The second-order valence-electron chi connectivity index (χ2n) is 8.57. The van der Waals surface area contributed by atoms with Gasteiger partial charge in [-0.25, -0.2) is 0 Å². The Morgan fingerprint density at radius 2 is 2.13 bits per heavy atom. The largest absolute Gasteiger partial charge is 0.463 e. The van der Waals surface area contributed by atoms with Gasteiger partial charge in [-0.3, -0.25) is 9.17 Å². The number of aromatic nitrogens is 3. The normalized spacial score (nSPS) is 28.0. The van der Waals surface area contributed by atoms with Crippen molar-refractivity contribution in [3.8, 4) is 6.01 Å². The van der Waals surface area contributed by atoms with E-state index in [2.05, 4.69) is 20.3 Å². The summed E-state index contributed by atoms with van der Waals surface area (Å²) in [5.41, 5.74) is 1.01. The number of halogens is 1. The third kappa shape index (κ3) is 3.86. The molecule has 0 radical (unpaired) electrons. The minimum Gasteiger partial charge on any atom is -0.463 e. The highest BCUT2D eigenvalue weighted by molar-refractivity contribution is 7.85. The molecule has 4 heterocycles. The Bertz CT molecular complexity index is 1060. The van der Waals surface area contributed by atoms with Gasteiger partial charge in [0.25, 0.3) is 10.1 Å². The molecule has 2 aromatic heterocycles. The summed E-state index contributed by atoms with van der Waals surface area (Å²) in [4.78, 5) is 13.3. The number of piperazine rings is 1. The van der Waals surface area contributed by atoms with Gasteiger partial charge in [0.15, 0.2) is 0 Å². The Labute approximate surface area is 174 Å². The van der Waals surface area contributed by atoms with Crippen molar-refractivity contribution in [2.24, 2.45) is 5.41 Å². The minimum atomic E-state index is -3.50. The van der Waals surface area contributed by atoms with Crippen LogP contribution in [0.3, 0.4) is 0 Å². The summed E-state index contributed by atoms with van der Waals surface area (Å²) < 4.78 is 48.1. The summed E-state index contributed by atoms with van der Waals surface area (Å²) >= 11 is 0.